The molecule has 0 saturated heterocycles. The van der Waals surface area contributed by atoms with Crippen LogP contribution in [0.15, 0.2) is 0 Å². The molecule has 7 heteroatoms. The lowest BCUT2D eigenvalue weighted by atomic mass is 10.3. The Kier molecular flexibility index (Phi) is 5.97. The zero-order valence-corrected chi connectivity index (χ0v) is 11.9. The van der Waals surface area contributed by atoms with E-state index in [4.69, 9.17) is 0 Å². The van der Waals surface area contributed by atoms with Crippen LogP contribution in [0.5, 0.6) is 0 Å². The van der Waals surface area contributed by atoms with Crippen molar-refractivity contribution in [2.75, 3.05) is 23.9 Å². The van der Waals surface area contributed by atoms with Gasteiger partial charge in [-0.2, -0.15) is 16.9 Å². The van der Waals surface area contributed by atoms with Crippen molar-refractivity contribution < 1.29 is 4.92 Å². The van der Waals surface area contributed by atoms with Crippen molar-refractivity contribution in [2.24, 2.45) is 0 Å². The van der Waals surface area contributed by atoms with Crippen molar-refractivity contribution in [1.29, 1.82) is 0 Å². The van der Waals surface area contributed by atoms with Crippen molar-refractivity contribution in [3.8, 4) is 0 Å². The van der Waals surface area contributed by atoms with Crippen LogP contribution in [0.4, 0.5) is 11.5 Å². The van der Waals surface area contributed by atoms with E-state index >= 15 is 0 Å². The maximum Gasteiger partial charge on any atom is 0.333 e. The molecule has 6 nitrogen and oxygen atoms in total. The fraction of sp³-hybridized carbons (Fsp3) is 0.727. The van der Waals surface area contributed by atoms with E-state index in [9.17, 15) is 10.1 Å². The maximum atomic E-state index is 11.1. The molecule has 0 aromatic carbocycles. The first-order valence-corrected chi connectivity index (χ1v) is 7.45. The molecule has 0 aliphatic carbocycles. The third-order valence-corrected chi connectivity index (χ3v) is 3.23. The van der Waals surface area contributed by atoms with E-state index in [2.05, 4.69) is 10.4 Å². The van der Waals surface area contributed by atoms with Crippen molar-refractivity contribution in [3.63, 3.8) is 0 Å². The highest BCUT2D eigenvalue weighted by atomic mass is 32.2. The molecule has 0 unspecified atom stereocenters. The van der Waals surface area contributed by atoms with E-state index in [0.29, 0.717) is 18.1 Å². The SMILES string of the molecule is CCCn1nc(C)c([N+](=O)[O-])c1NCCCSC. The molecule has 0 aliphatic rings. The van der Waals surface area contributed by atoms with Gasteiger partial charge in [0.1, 0.15) is 5.69 Å². The normalized spacial score (nSPS) is 10.6. The van der Waals surface area contributed by atoms with Crippen LogP contribution in [0.3, 0.4) is 0 Å². The lowest BCUT2D eigenvalue weighted by Gasteiger charge is -2.07. The molecule has 0 fully saturated rings. The van der Waals surface area contributed by atoms with Gasteiger partial charge in [0.05, 0.1) is 4.92 Å². The average Bonchev–Trinajstić information content (AvgIpc) is 2.62. The van der Waals surface area contributed by atoms with E-state index in [1.807, 2.05) is 13.2 Å². The fourth-order valence-electron chi connectivity index (χ4n) is 1.76. The van der Waals surface area contributed by atoms with Gasteiger partial charge >= 0.3 is 5.69 Å². The van der Waals surface area contributed by atoms with Gasteiger partial charge in [-0.1, -0.05) is 6.92 Å². The van der Waals surface area contributed by atoms with E-state index in [1.54, 1.807) is 23.4 Å². The highest BCUT2D eigenvalue weighted by Gasteiger charge is 2.24. The quantitative estimate of drug-likeness (QED) is 0.447. The second kappa shape index (κ2) is 7.25. The number of hydrogen-bond acceptors (Lipinski definition) is 5. The molecule has 0 radical (unpaired) electrons. The number of nitrogens with zero attached hydrogens (tertiary/aromatic N) is 3. The Morgan fingerprint density at radius 2 is 2.28 bits per heavy atom. The van der Waals surface area contributed by atoms with Crippen LogP contribution in [0.2, 0.25) is 0 Å². The number of rotatable bonds is 8. The molecule has 102 valence electrons. The summed E-state index contributed by atoms with van der Waals surface area (Å²) in [6.07, 6.45) is 3.93. The van der Waals surface area contributed by atoms with Gasteiger partial charge in [-0.3, -0.25) is 10.1 Å². The summed E-state index contributed by atoms with van der Waals surface area (Å²) in [6, 6.07) is 0. The highest BCUT2D eigenvalue weighted by Crippen LogP contribution is 2.28. The van der Waals surface area contributed by atoms with Crippen LogP contribution >= 0.6 is 11.8 Å². The van der Waals surface area contributed by atoms with Crippen LogP contribution in [0.1, 0.15) is 25.5 Å². The minimum atomic E-state index is -0.356. The number of aromatic nitrogens is 2. The topological polar surface area (TPSA) is 73.0 Å². The van der Waals surface area contributed by atoms with Crippen molar-refractivity contribution in [1.82, 2.24) is 9.78 Å². The number of hydrogen-bond donors (Lipinski definition) is 1. The largest absolute Gasteiger partial charge is 0.364 e. The molecule has 1 heterocycles. The van der Waals surface area contributed by atoms with Crippen molar-refractivity contribution >= 4 is 23.3 Å². The summed E-state index contributed by atoms with van der Waals surface area (Å²) >= 11 is 1.77. The Morgan fingerprint density at radius 3 is 2.83 bits per heavy atom. The number of aryl methyl sites for hydroxylation is 2. The molecular formula is C11H20N4O2S. The van der Waals surface area contributed by atoms with E-state index < -0.39 is 0 Å². The molecule has 1 aromatic heterocycles. The zero-order chi connectivity index (χ0) is 13.5. The van der Waals surface area contributed by atoms with Crippen molar-refractivity contribution in [3.05, 3.63) is 15.8 Å². The van der Waals surface area contributed by atoms with E-state index in [1.165, 1.54) is 0 Å². The molecule has 1 aromatic rings. The first-order valence-electron chi connectivity index (χ1n) is 6.06. The minimum absolute atomic E-state index is 0.104. The van der Waals surface area contributed by atoms with Gasteiger partial charge in [-0.05, 0) is 31.8 Å². The van der Waals surface area contributed by atoms with Gasteiger partial charge in [-0.25, -0.2) is 4.68 Å². The molecule has 0 aliphatic heterocycles. The molecule has 0 spiro atoms. The lowest BCUT2D eigenvalue weighted by molar-refractivity contribution is -0.384. The lowest BCUT2D eigenvalue weighted by Crippen LogP contribution is -2.10. The van der Waals surface area contributed by atoms with Gasteiger partial charge in [0.2, 0.25) is 5.82 Å². The summed E-state index contributed by atoms with van der Waals surface area (Å²) in [4.78, 5) is 10.7. The van der Waals surface area contributed by atoms with E-state index in [0.717, 1.165) is 25.1 Å². The summed E-state index contributed by atoms with van der Waals surface area (Å²) in [5.74, 6) is 1.59. The van der Waals surface area contributed by atoms with E-state index in [-0.39, 0.29) is 10.6 Å². The van der Waals surface area contributed by atoms with Gasteiger partial charge < -0.3 is 5.32 Å². The Morgan fingerprint density at radius 1 is 1.56 bits per heavy atom. The first-order chi connectivity index (χ1) is 8.61. The number of anilines is 1. The predicted molar refractivity (Wildman–Crippen MR) is 75.4 cm³/mol. The summed E-state index contributed by atoms with van der Waals surface area (Å²) < 4.78 is 1.70. The monoisotopic (exact) mass is 272 g/mol. The third-order valence-electron chi connectivity index (χ3n) is 2.53. The Hall–Kier alpha value is -1.24. The second-order valence-electron chi connectivity index (χ2n) is 4.04. The maximum absolute atomic E-state index is 11.1. The molecule has 0 saturated carbocycles. The molecule has 0 bridgehead atoms. The third kappa shape index (κ3) is 3.63. The van der Waals surface area contributed by atoms with Gasteiger partial charge in [0, 0.05) is 13.1 Å². The van der Waals surface area contributed by atoms with Crippen LogP contribution in [-0.4, -0.2) is 33.3 Å². The van der Waals surface area contributed by atoms with Crippen molar-refractivity contribution in [2.45, 2.75) is 33.2 Å². The van der Waals surface area contributed by atoms with Gasteiger partial charge in [0.15, 0.2) is 0 Å². The molecule has 18 heavy (non-hydrogen) atoms. The summed E-state index contributed by atoms with van der Waals surface area (Å²) in [5.41, 5.74) is 0.577. The number of nitrogens with one attached hydrogen (secondary N) is 1. The van der Waals surface area contributed by atoms with Crippen LogP contribution in [0, 0.1) is 17.0 Å². The molecule has 1 rings (SSSR count). The summed E-state index contributed by atoms with van der Waals surface area (Å²) in [6.45, 7) is 5.13. The van der Waals surface area contributed by atoms with Crippen LogP contribution in [-0.2, 0) is 6.54 Å². The average molecular weight is 272 g/mol. The van der Waals surface area contributed by atoms with Gasteiger partial charge in [0.25, 0.3) is 0 Å². The zero-order valence-electron chi connectivity index (χ0n) is 11.1. The van der Waals surface area contributed by atoms with Gasteiger partial charge in [-0.15, -0.1) is 0 Å². The number of thioether (sulfide) groups is 1. The standard InChI is InChI=1S/C11H20N4O2S/c1-4-7-14-11(12-6-5-8-18-3)10(15(16)17)9(2)13-14/h12H,4-8H2,1-3H3. The second-order valence-corrected chi connectivity index (χ2v) is 5.02. The van der Waals surface area contributed by atoms with Crippen LogP contribution in [0.25, 0.3) is 0 Å². The fourth-order valence-corrected chi connectivity index (χ4v) is 2.20. The predicted octanol–water partition coefficient (Wildman–Crippen LogP) is 2.67. The molecule has 1 N–H and O–H groups in total. The smallest absolute Gasteiger partial charge is 0.333 e. The Bertz CT molecular complexity index is 406. The minimum Gasteiger partial charge on any atom is -0.364 e. The first kappa shape index (κ1) is 14.8. The van der Waals surface area contributed by atoms with Crippen LogP contribution < -0.4 is 5.32 Å². The Labute approximate surface area is 111 Å². The number of nitro groups is 1. The highest BCUT2D eigenvalue weighted by molar-refractivity contribution is 7.98. The molecule has 0 atom stereocenters. The molecule has 0 amide bonds. The summed E-state index contributed by atoms with van der Waals surface area (Å²) in [7, 11) is 0. The molecular weight excluding hydrogens is 252 g/mol. The Balaban J connectivity index is 2.86. The summed E-state index contributed by atoms with van der Waals surface area (Å²) in [5, 5.41) is 18.4.